The molecule has 2 aromatic rings. The molecule has 7 nitrogen and oxygen atoms in total. The lowest BCUT2D eigenvalue weighted by Crippen LogP contribution is -2.33. The number of hydrogen-bond acceptors (Lipinski definition) is 6. The number of Topliss-reactive ketones (excluding diaryl/α,β-unsaturated/α-hetero) is 1. The number of amides is 1. The first-order valence-electron chi connectivity index (χ1n) is 11.4. The Morgan fingerprint density at radius 1 is 1.12 bits per heavy atom. The summed E-state index contributed by atoms with van der Waals surface area (Å²) < 4.78 is 11.1. The zero-order valence-corrected chi connectivity index (χ0v) is 20.6. The van der Waals surface area contributed by atoms with Gasteiger partial charge in [-0.3, -0.25) is 9.59 Å². The zero-order chi connectivity index (χ0) is 25.2. The maximum absolute atomic E-state index is 13.2. The zero-order valence-electron chi connectivity index (χ0n) is 20.6. The van der Waals surface area contributed by atoms with Crippen molar-refractivity contribution in [3.63, 3.8) is 0 Å². The molecule has 3 rings (SSSR count). The Labute approximate surface area is 200 Å². The van der Waals surface area contributed by atoms with Gasteiger partial charge in [0.2, 0.25) is 0 Å². The van der Waals surface area contributed by atoms with Crippen molar-refractivity contribution in [2.45, 2.75) is 52.7 Å². The predicted octanol–water partition coefficient (Wildman–Crippen LogP) is 4.68. The molecular weight excluding hydrogens is 434 g/mol. The first-order valence-corrected chi connectivity index (χ1v) is 11.4. The molecular formula is C27H33NO6. The van der Waals surface area contributed by atoms with Crippen LogP contribution in [0.2, 0.25) is 0 Å². The molecule has 0 spiro atoms. The van der Waals surface area contributed by atoms with E-state index in [0.29, 0.717) is 22.4 Å². The molecule has 0 aliphatic carbocycles. The van der Waals surface area contributed by atoms with Crippen LogP contribution in [0.25, 0.3) is 5.76 Å². The van der Waals surface area contributed by atoms with Gasteiger partial charge in [0.25, 0.3) is 11.7 Å². The maximum Gasteiger partial charge on any atom is 0.295 e. The summed E-state index contributed by atoms with van der Waals surface area (Å²) in [7, 11) is 1.59. The number of carbonyl (C=O) groups is 2. The second-order valence-corrected chi connectivity index (χ2v) is 9.07. The monoisotopic (exact) mass is 467 g/mol. The van der Waals surface area contributed by atoms with Crippen molar-refractivity contribution in [3.05, 3.63) is 64.2 Å². The van der Waals surface area contributed by atoms with Gasteiger partial charge < -0.3 is 24.6 Å². The maximum atomic E-state index is 13.2. The van der Waals surface area contributed by atoms with Gasteiger partial charge in [-0.05, 0) is 67.6 Å². The van der Waals surface area contributed by atoms with E-state index < -0.39 is 17.7 Å². The van der Waals surface area contributed by atoms with E-state index in [-0.39, 0.29) is 42.3 Å². The summed E-state index contributed by atoms with van der Waals surface area (Å²) in [6.45, 7) is 10.0. The number of phenols is 1. The third-order valence-corrected chi connectivity index (χ3v) is 5.96. The topological polar surface area (TPSA) is 96.3 Å². The standard InChI is InChI=1S/C27H33NO6/c1-15(2)20-14-21(17(5)12-22(20)33-6)25(30)23-24(18-8-7-9-19(29)13-18)28(27(32)26(23)31)10-11-34-16(3)4/h7-9,12-16,24,29-30H,10-11H2,1-6H3/b25-23+. The molecule has 1 saturated heterocycles. The number of aliphatic hydroxyl groups excluding tert-OH is 1. The fourth-order valence-corrected chi connectivity index (χ4v) is 4.27. The third-order valence-electron chi connectivity index (χ3n) is 5.96. The Kier molecular flexibility index (Phi) is 7.67. The molecule has 1 amide bonds. The highest BCUT2D eigenvalue weighted by atomic mass is 16.5. The molecule has 1 aliphatic heterocycles. The van der Waals surface area contributed by atoms with Crippen molar-refractivity contribution in [3.8, 4) is 11.5 Å². The molecule has 1 aliphatic rings. The smallest absolute Gasteiger partial charge is 0.295 e. The highest BCUT2D eigenvalue weighted by molar-refractivity contribution is 6.46. The van der Waals surface area contributed by atoms with Gasteiger partial charge in [0.15, 0.2) is 0 Å². The number of likely N-dealkylation sites (tertiary alicyclic amines) is 1. The quantitative estimate of drug-likeness (QED) is 0.332. The Hall–Kier alpha value is -3.32. The number of ether oxygens (including phenoxy) is 2. The van der Waals surface area contributed by atoms with Gasteiger partial charge in [-0.25, -0.2) is 0 Å². The minimum absolute atomic E-state index is 0.00393. The summed E-state index contributed by atoms with van der Waals surface area (Å²) >= 11 is 0. The first kappa shape index (κ1) is 25.3. The Balaban J connectivity index is 2.20. The SMILES string of the molecule is COc1cc(C)c(/C(O)=C2\C(=O)C(=O)N(CCOC(C)C)C2c2cccc(O)c2)cc1C(C)C. The largest absolute Gasteiger partial charge is 0.508 e. The van der Waals surface area contributed by atoms with E-state index in [1.807, 2.05) is 46.8 Å². The van der Waals surface area contributed by atoms with Crippen molar-refractivity contribution < 1.29 is 29.3 Å². The molecule has 0 bridgehead atoms. The van der Waals surface area contributed by atoms with E-state index in [1.165, 1.54) is 17.0 Å². The van der Waals surface area contributed by atoms with Crippen LogP contribution in [0.3, 0.4) is 0 Å². The van der Waals surface area contributed by atoms with E-state index in [9.17, 15) is 19.8 Å². The molecule has 0 radical (unpaired) electrons. The summed E-state index contributed by atoms with van der Waals surface area (Å²) in [5, 5.41) is 21.5. The second-order valence-electron chi connectivity index (χ2n) is 9.07. The van der Waals surface area contributed by atoms with Crippen molar-refractivity contribution >= 4 is 17.4 Å². The number of benzene rings is 2. The third kappa shape index (κ3) is 4.94. The molecule has 0 aromatic heterocycles. The Morgan fingerprint density at radius 3 is 2.41 bits per heavy atom. The number of aliphatic hydroxyl groups is 1. The van der Waals surface area contributed by atoms with E-state index in [4.69, 9.17) is 9.47 Å². The second kappa shape index (κ2) is 10.3. The summed E-state index contributed by atoms with van der Waals surface area (Å²) in [6.07, 6.45) is -0.0348. The van der Waals surface area contributed by atoms with E-state index in [2.05, 4.69) is 0 Å². The Morgan fingerprint density at radius 2 is 1.82 bits per heavy atom. The lowest BCUT2D eigenvalue weighted by atomic mass is 9.91. The first-order chi connectivity index (χ1) is 16.1. The number of methoxy groups -OCH3 is 1. The van der Waals surface area contributed by atoms with Gasteiger partial charge >= 0.3 is 0 Å². The average Bonchev–Trinajstić information content (AvgIpc) is 3.03. The van der Waals surface area contributed by atoms with Crippen LogP contribution in [-0.4, -0.2) is 53.2 Å². The van der Waals surface area contributed by atoms with Crippen LogP contribution >= 0.6 is 0 Å². The molecule has 34 heavy (non-hydrogen) atoms. The fourth-order valence-electron chi connectivity index (χ4n) is 4.27. The molecule has 1 atom stereocenters. The Bertz CT molecular complexity index is 1120. The summed E-state index contributed by atoms with van der Waals surface area (Å²) in [6, 6.07) is 9.15. The van der Waals surface area contributed by atoms with Crippen molar-refractivity contribution in [1.29, 1.82) is 0 Å². The van der Waals surface area contributed by atoms with E-state index >= 15 is 0 Å². The normalized spacial score (nSPS) is 17.8. The van der Waals surface area contributed by atoms with Gasteiger partial charge in [-0.15, -0.1) is 0 Å². The number of nitrogens with zero attached hydrogens (tertiary/aromatic N) is 1. The lowest BCUT2D eigenvalue weighted by molar-refractivity contribution is -0.140. The van der Waals surface area contributed by atoms with Crippen LogP contribution in [0, 0.1) is 6.92 Å². The number of aryl methyl sites for hydroxylation is 1. The summed E-state index contributed by atoms with van der Waals surface area (Å²) in [5.41, 5.74) is 2.57. The number of aromatic hydroxyl groups is 1. The summed E-state index contributed by atoms with van der Waals surface area (Å²) in [4.78, 5) is 27.7. The van der Waals surface area contributed by atoms with Gasteiger partial charge in [-0.1, -0.05) is 26.0 Å². The number of carbonyl (C=O) groups excluding carboxylic acids is 2. The number of hydrogen-bond donors (Lipinski definition) is 2. The minimum atomic E-state index is -0.855. The molecule has 1 fully saturated rings. The average molecular weight is 468 g/mol. The minimum Gasteiger partial charge on any atom is -0.508 e. The molecule has 1 heterocycles. The molecule has 2 aromatic carbocycles. The van der Waals surface area contributed by atoms with Gasteiger partial charge in [0.1, 0.15) is 17.3 Å². The predicted molar refractivity (Wildman–Crippen MR) is 130 cm³/mol. The van der Waals surface area contributed by atoms with Crippen LogP contribution in [0.4, 0.5) is 0 Å². The fraction of sp³-hybridized carbons (Fsp3) is 0.407. The number of rotatable bonds is 8. The van der Waals surface area contributed by atoms with Crippen LogP contribution in [0.1, 0.15) is 61.9 Å². The van der Waals surface area contributed by atoms with Gasteiger partial charge in [0, 0.05) is 12.1 Å². The van der Waals surface area contributed by atoms with Gasteiger partial charge in [-0.2, -0.15) is 0 Å². The summed E-state index contributed by atoms with van der Waals surface area (Å²) in [5.74, 6) is -0.918. The van der Waals surface area contributed by atoms with E-state index in [1.54, 1.807) is 19.2 Å². The van der Waals surface area contributed by atoms with Crippen molar-refractivity contribution in [2.75, 3.05) is 20.3 Å². The molecule has 1 unspecified atom stereocenters. The lowest BCUT2D eigenvalue weighted by Gasteiger charge is -2.26. The van der Waals surface area contributed by atoms with Crippen LogP contribution < -0.4 is 4.74 Å². The van der Waals surface area contributed by atoms with Gasteiger partial charge in [0.05, 0.1) is 31.4 Å². The van der Waals surface area contributed by atoms with Crippen LogP contribution in [-0.2, 0) is 14.3 Å². The molecule has 182 valence electrons. The van der Waals surface area contributed by atoms with Crippen LogP contribution in [0.15, 0.2) is 42.0 Å². The number of ketones is 1. The van der Waals surface area contributed by atoms with E-state index in [0.717, 1.165) is 5.56 Å². The number of phenolic OH excluding ortho intramolecular Hbond substituents is 1. The van der Waals surface area contributed by atoms with Crippen molar-refractivity contribution in [2.24, 2.45) is 0 Å². The molecule has 2 N–H and O–H groups in total. The highest BCUT2D eigenvalue weighted by Crippen LogP contribution is 2.41. The van der Waals surface area contributed by atoms with Crippen LogP contribution in [0.5, 0.6) is 11.5 Å². The highest BCUT2D eigenvalue weighted by Gasteiger charge is 2.46. The van der Waals surface area contributed by atoms with Crippen molar-refractivity contribution in [1.82, 2.24) is 4.90 Å². The molecule has 7 heteroatoms. The molecule has 0 saturated carbocycles.